The molecule has 11 atom stereocenters. The van der Waals surface area contributed by atoms with Crippen LogP contribution in [0.3, 0.4) is 0 Å². The lowest BCUT2D eigenvalue weighted by Gasteiger charge is -2.46. The van der Waals surface area contributed by atoms with E-state index < -0.39 is 135 Å². The van der Waals surface area contributed by atoms with Gasteiger partial charge >= 0.3 is 47.8 Å². The highest BCUT2D eigenvalue weighted by molar-refractivity contribution is 6.13. The molecule has 2 aliphatic heterocycles. The molecule has 376 valence electrons. The quantitative estimate of drug-likeness (QED) is 0.0894. The molecule has 0 radical (unpaired) electrons. The van der Waals surface area contributed by atoms with Crippen molar-refractivity contribution in [1.29, 1.82) is 0 Å². The summed E-state index contributed by atoms with van der Waals surface area (Å²) in [5.74, 6) is -6.99. The number of aliphatic imine (C=N–C) groups is 1. The molecule has 21 nitrogen and oxygen atoms in total. The first-order valence-corrected chi connectivity index (χ1v) is 22.0. The predicted molar refractivity (Wildman–Crippen MR) is 238 cm³/mol. The van der Waals surface area contributed by atoms with Crippen LogP contribution in [0.2, 0.25) is 0 Å². The van der Waals surface area contributed by atoms with E-state index in [0.717, 1.165) is 48.5 Å². The molecule has 3 aromatic rings. The summed E-state index contributed by atoms with van der Waals surface area (Å²) in [5, 5.41) is 0. The molecule has 0 unspecified atom stereocenters. The van der Waals surface area contributed by atoms with Crippen LogP contribution in [-0.2, 0) is 102 Å². The second-order valence-electron chi connectivity index (χ2n) is 15.8. The molecule has 0 bridgehead atoms. The van der Waals surface area contributed by atoms with Gasteiger partial charge in [0.2, 0.25) is 0 Å². The van der Waals surface area contributed by atoms with Gasteiger partial charge in [-0.2, -0.15) is 0 Å². The van der Waals surface area contributed by atoms with Crippen LogP contribution >= 0.6 is 0 Å². The summed E-state index contributed by atoms with van der Waals surface area (Å²) in [6, 6.07) is 25.5. The minimum absolute atomic E-state index is 0.134. The van der Waals surface area contributed by atoms with Gasteiger partial charge in [0.15, 0.2) is 55.2 Å². The zero-order valence-corrected chi connectivity index (χ0v) is 39.5. The number of ether oxygens (including phenoxy) is 12. The zero-order valence-electron chi connectivity index (χ0n) is 39.5. The van der Waals surface area contributed by atoms with E-state index in [4.69, 9.17) is 61.8 Å². The Morgan fingerprint density at radius 3 is 1.27 bits per heavy atom. The molecule has 21 heteroatoms. The summed E-state index contributed by atoms with van der Waals surface area (Å²) in [6.07, 6.45) is -16.2. The molecule has 0 aliphatic carbocycles. The SMILES string of the molecule is CC(=O)OC[C@H]1O[C@H](OC[C@H]2O[C@@H](OC[C@H](N=C(c3ccccc3)c3ccccc3)C(=O)OCc3ccccc3)[C@H](OC(C)=O)[C@@H](OC(C)=O)[C@@H]2OC(C)=O)[C@H](OC(C)=O)[C@@H](OC(C)=O)[C@H]1OC(C)=O. The molecule has 5 rings (SSSR count). The van der Waals surface area contributed by atoms with Crippen LogP contribution in [0.25, 0.3) is 0 Å². The summed E-state index contributed by atoms with van der Waals surface area (Å²) < 4.78 is 69.2. The molecule has 2 heterocycles. The van der Waals surface area contributed by atoms with Crippen molar-refractivity contribution in [1.82, 2.24) is 0 Å². The Morgan fingerprint density at radius 2 is 0.843 bits per heavy atom. The predicted octanol–water partition coefficient (Wildman–Crippen LogP) is 3.27. The van der Waals surface area contributed by atoms with Gasteiger partial charge in [0.25, 0.3) is 0 Å². The largest absolute Gasteiger partial charge is 0.463 e. The molecule has 0 aromatic heterocycles. The van der Waals surface area contributed by atoms with E-state index in [2.05, 4.69) is 0 Å². The second kappa shape index (κ2) is 26.1. The summed E-state index contributed by atoms with van der Waals surface area (Å²) in [6.45, 7) is 5.35. The van der Waals surface area contributed by atoms with Crippen molar-refractivity contribution in [2.75, 3.05) is 19.8 Å². The van der Waals surface area contributed by atoms with E-state index in [1.165, 1.54) is 0 Å². The van der Waals surface area contributed by atoms with Crippen LogP contribution < -0.4 is 0 Å². The fraction of sp³-hybridized carbons (Fsp3) is 0.449. The van der Waals surface area contributed by atoms with Crippen molar-refractivity contribution in [2.45, 2.75) is 123 Å². The second-order valence-corrected chi connectivity index (χ2v) is 15.8. The van der Waals surface area contributed by atoms with Crippen molar-refractivity contribution in [3.63, 3.8) is 0 Å². The van der Waals surface area contributed by atoms with Crippen LogP contribution in [0.1, 0.15) is 65.2 Å². The molecule has 70 heavy (non-hydrogen) atoms. The average molecular weight is 978 g/mol. The van der Waals surface area contributed by atoms with Crippen LogP contribution in [0.5, 0.6) is 0 Å². The smallest absolute Gasteiger partial charge is 0.333 e. The normalized spacial score (nSPS) is 24.3. The first-order valence-electron chi connectivity index (χ1n) is 22.0. The zero-order chi connectivity index (χ0) is 50.9. The van der Waals surface area contributed by atoms with Crippen LogP contribution in [0.15, 0.2) is 96.0 Å². The Hall–Kier alpha value is -7.07. The fourth-order valence-corrected chi connectivity index (χ4v) is 7.47. The van der Waals surface area contributed by atoms with Gasteiger partial charge in [0.1, 0.15) is 25.4 Å². The third kappa shape index (κ3) is 16.0. The number of hydrogen-bond donors (Lipinski definition) is 0. The molecule has 3 aromatic carbocycles. The summed E-state index contributed by atoms with van der Waals surface area (Å²) in [7, 11) is 0. The maximum absolute atomic E-state index is 14.1. The highest BCUT2D eigenvalue weighted by Crippen LogP contribution is 2.34. The standard InChI is InChI=1S/C49H55NO20/c1-27(51)59-25-38-41(63-28(2)52)43(65-30(4)54)46(68-33(7)57)49(69-38)62-26-39-42(64-29(3)53)44(66-31(5)55)45(67-32(6)56)48(70-39)61-24-37(47(58)60-23-34-17-11-8-12-18-34)50-40(35-19-13-9-14-20-35)36-21-15-10-16-22-36/h8-22,37-39,41-46,48-49H,23-26H2,1-7H3/t37-,38+,39+,41-,42+,43-,44-,45+,46+,48+,49-/m0/s1. The Bertz CT molecular complexity index is 2270. The number of carbonyl (C=O) groups excluding carboxylic acids is 8. The molecule has 2 fully saturated rings. The molecule has 0 amide bonds. The Morgan fingerprint density at radius 1 is 0.457 bits per heavy atom. The lowest BCUT2D eigenvalue weighted by atomic mass is 9.97. The Balaban J connectivity index is 1.55. The van der Waals surface area contributed by atoms with E-state index in [1.54, 1.807) is 78.9 Å². The maximum atomic E-state index is 14.1. The van der Waals surface area contributed by atoms with Gasteiger partial charge in [-0.05, 0) is 5.56 Å². The topological polar surface area (TPSA) is 260 Å². The number of esters is 8. The van der Waals surface area contributed by atoms with E-state index in [9.17, 15) is 38.4 Å². The lowest BCUT2D eigenvalue weighted by Crippen LogP contribution is -2.65. The summed E-state index contributed by atoms with van der Waals surface area (Å²) in [4.78, 5) is 106. The minimum Gasteiger partial charge on any atom is -0.463 e. The van der Waals surface area contributed by atoms with E-state index in [1.807, 2.05) is 12.1 Å². The van der Waals surface area contributed by atoms with Crippen molar-refractivity contribution in [2.24, 2.45) is 4.99 Å². The van der Waals surface area contributed by atoms with Crippen LogP contribution in [0, 0.1) is 0 Å². The number of hydrogen-bond acceptors (Lipinski definition) is 21. The van der Waals surface area contributed by atoms with E-state index >= 15 is 0 Å². The molecule has 2 saturated heterocycles. The first kappa shape index (κ1) is 53.9. The van der Waals surface area contributed by atoms with Crippen molar-refractivity contribution >= 4 is 53.5 Å². The maximum Gasteiger partial charge on any atom is 0.333 e. The van der Waals surface area contributed by atoms with Gasteiger partial charge in [0.05, 0.1) is 18.9 Å². The Labute approximate surface area is 402 Å². The average Bonchev–Trinajstić information content (AvgIpc) is 3.30. The van der Waals surface area contributed by atoms with Gasteiger partial charge in [-0.25, -0.2) is 4.79 Å². The molecule has 0 saturated carbocycles. The highest BCUT2D eigenvalue weighted by atomic mass is 16.8. The van der Waals surface area contributed by atoms with Gasteiger partial charge in [0, 0.05) is 59.6 Å². The van der Waals surface area contributed by atoms with Crippen molar-refractivity contribution in [3.8, 4) is 0 Å². The summed E-state index contributed by atoms with van der Waals surface area (Å²) in [5.41, 5.74) is 2.34. The van der Waals surface area contributed by atoms with Crippen molar-refractivity contribution < 1.29 is 95.2 Å². The summed E-state index contributed by atoms with van der Waals surface area (Å²) >= 11 is 0. The molecular weight excluding hydrogens is 923 g/mol. The number of benzene rings is 3. The van der Waals surface area contributed by atoms with Crippen molar-refractivity contribution in [3.05, 3.63) is 108 Å². The third-order valence-electron chi connectivity index (χ3n) is 10.2. The Kier molecular flexibility index (Phi) is 20.1. The van der Waals surface area contributed by atoms with E-state index in [0.29, 0.717) is 22.4 Å². The van der Waals surface area contributed by atoms with Gasteiger partial charge in [-0.15, -0.1) is 0 Å². The molecular formula is C49H55NO20. The number of carbonyl (C=O) groups is 8. The van der Waals surface area contributed by atoms with Gasteiger partial charge in [-0.1, -0.05) is 91.0 Å². The molecule has 0 N–H and O–H groups in total. The molecule has 0 spiro atoms. The van der Waals surface area contributed by atoms with E-state index in [-0.39, 0.29) is 6.61 Å². The fourth-order valence-electron chi connectivity index (χ4n) is 7.47. The molecule has 2 aliphatic rings. The first-order chi connectivity index (χ1) is 33.4. The minimum atomic E-state index is -1.75. The lowest BCUT2D eigenvalue weighted by molar-refractivity contribution is -0.335. The number of rotatable bonds is 20. The third-order valence-corrected chi connectivity index (χ3v) is 10.2. The van der Waals surface area contributed by atoms with Gasteiger partial charge < -0.3 is 56.8 Å². The number of nitrogens with zero attached hydrogens (tertiary/aromatic N) is 1. The highest BCUT2D eigenvalue weighted by Gasteiger charge is 2.56. The monoisotopic (exact) mass is 977 g/mol. The van der Waals surface area contributed by atoms with Gasteiger partial charge in [-0.3, -0.25) is 38.6 Å². The van der Waals surface area contributed by atoms with Crippen LogP contribution in [0.4, 0.5) is 0 Å². The van der Waals surface area contributed by atoms with Crippen LogP contribution in [-0.4, -0.2) is 141 Å².